The van der Waals surface area contributed by atoms with Crippen LogP contribution in [0.25, 0.3) is 0 Å². The zero-order valence-corrected chi connectivity index (χ0v) is 26.9. The molecule has 3 rings (SSSR count). The van der Waals surface area contributed by atoms with Crippen LogP contribution >= 0.6 is 0 Å². The fourth-order valence-electron chi connectivity index (χ4n) is 5.24. The van der Waals surface area contributed by atoms with Crippen molar-refractivity contribution in [3.63, 3.8) is 0 Å². The van der Waals surface area contributed by atoms with Gasteiger partial charge in [-0.25, -0.2) is 8.78 Å². The maximum absolute atomic E-state index is 14.0. The van der Waals surface area contributed by atoms with Gasteiger partial charge in [0.25, 0.3) is 11.8 Å². The predicted molar refractivity (Wildman–Crippen MR) is 174 cm³/mol. The monoisotopic (exact) mass is 637 g/mol. The molecule has 0 heterocycles. The van der Waals surface area contributed by atoms with Gasteiger partial charge in [0.1, 0.15) is 17.4 Å². The van der Waals surface area contributed by atoms with Gasteiger partial charge in [0.15, 0.2) is 0 Å². The van der Waals surface area contributed by atoms with Crippen LogP contribution in [0.3, 0.4) is 0 Å². The maximum atomic E-state index is 14.0. The fraction of sp³-hybridized carbons (Fsp3) is 0.417. The van der Waals surface area contributed by atoms with E-state index < -0.39 is 29.7 Å². The Morgan fingerprint density at radius 3 is 2.17 bits per heavy atom. The third-order valence-electron chi connectivity index (χ3n) is 7.60. The highest BCUT2D eigenvalue weighted by Crippen LogP contribution is 2.16. The summed E-state index contributed by atoms with van der Waals surface area (Å²) in [7, 11) is 1.60. The molecule has 3 aromatic rings. The van der Waals surface area contributed by atoms with E-state index in [2.05, 4.69) is 10.6 Å². The number of amides is 3. The molecule has 10 heteroatoms. The smallest absolute Gasteiger partial charge is 0.253 e. The molecule has 0 aliphatic carbocycles. The molecule has 46 heavy (non-hydrogen) atoms. The van der Waals surface area contributed by atoms with Crippen LogP contribution in [0.2, 0.25) is 0 Å². The van der Waals surface area contributed by atoms with E-state index in [9.17, 15) is 28.3 Å². The zero-order chi connectivity index (χ0) is 33.5. The van der Waals surface area contributed by atoms with Crippen LogP contribution < -0.4 is 15.4 Å². The molecule has 0 saturated heterocycles. The lowest BCUT2D eigenvalue weighted by Crippen LogP contribution is -2.46. The molecular formula is C36H45F2N3O5. The molecule has 8 nitrogen and oxygen atoms in total. The lowest BCUT2D eigenvalue weighted by Gasteiger charge is -2.25. The van der Waals surface area contributed by atoms with Crippen LogP contribution in [0.15, 0.2) is 66.7 Å². The first-order valence-electron chi connectivity index (χ1n) is 15.9. The number of carbonyl (C=O) groups excluding carboxylic acids is 3. The van der Waals surface area contributed by atoms with Crippen LogP contribution in [0, 0.1) is 11.6 Å². The standard InChI is InChI=1S/C36H45F2N3O5/c1-4-18-41(19-5-2)36(45)28-10-7-9-27(23-28)35(44)40-32(22-26-20-29(37)24-30(38)21-26)33(42)16-17-39-34(43)11-6-8-25-12-14-31(46-3)15-13-25/h7,9-10,12-15,20-21,23-24,32-33,42H,4-6,8,11,16-19,22H2,1-3H3,(H,39,43)(H,40,44)/t32-,33+/m1/s1. The van der Waals surface area contributed by atoms with Gasteiger partial charge in [-0.15, -0.1) is 0 Å². The number of benzene rings is 3. The van der Waals surface area contributed by atoms with Gasteiger partial charge >= 0.3 is 0 Å². The summed E-state index contributed by atoms with van der Waals surface area (Å²) in [6.45, 7) is 5.32. The van der Waals surface area contributed by atoms with E-state index in [0.29, 0.717) is 31.5 Å². The van der Waals surface area contributed by atoms with E-state index in [1.807, 2.05) is 38.1 Å². The molecule has 0 unspecified atom stereocenters. The Bertz CT molecular complexity index is 1410. The molecule has 0 aromatic heterocycles. The first-order chi connectivity index (χ1) is 22.1. The molecule has 3 amide bonds. The second kappa shape index (κ2) is 18.6. The number of rotatable bonds is 18. The number of aryl methyl sites for hydroxylation is 1. The first kappa shape index (κ1) is 36.2. The maximum Gasteiger partial charge on any atom is 0.253 e. The Balaban J connectivity index is 1.63. The minimum Gasteiger partial charge on any atom is -0.497 e. The van der Waals surface area contributed by atoms with Crippen molar-refractivity contribution in [2.75, 3.05) is 26.7 Å². The van der Waals surface area contributed by atoms with Crippen molar-refractivity contribution in [1.82, 2.24) is 15.5 Å². The average molecular weight is 638 g/mol. The third kappa shape index (κ3) is 11.6. The lowest BCUT2D eigenvalue weighted by atomic mass is 9.98. The molecule has 3 aromatic carbocycles. The second-order valence-electron chi connectivity index (χ2n) is 11.3. The summed E-state index contributed by atoms with van der Waals surface area (Å²) in [5.74, 6) is -1.67. The summed E-state index contributed by atoms with van der Waals surface area (Å²) >= 11 is 0. The van der Waals surface area contributed by atoms with Crippen molar-refractivity contribution < 1.29 is 33.0 Å². The summed E-state index contributed by atoms with van der Waals surface area (Å²) in [6, 6.07) is 16.1. The summed E-state index contributed by atoms with van der Waals surface area (Å²) in [5, 5.41) is 16.7. The van der Waals surface area contributed by atoms with Crippen molar-refractivity contribution in [3.05, 3.63) is 101 Å². The largest absolute Gasteiger partial charge is 0.497 e. The van der Waals surface area contributed by atoms with Gasteiger partial charge in [-0.3, -0.25) is 14.4 Å². The van der Waals surface area contributed by atoms with Gasteiger partial charge in [-0.05, 0) is 92.1 Å². The van der Waals surface area contributed by atoms with Crippen molar-refractivity contribution in [2.24, 2.45) is 0 Å². The number of aliphatic hydroxyl groups is 1. The molecule has 0 aliphatic rings. The third-order valence-corrected chi connectivity index (χ3v) is 7.60. The summed E-state index contributed by atoms with van der Waals surface area (Å²) in [6.07, 6.45) is 2.15. The molecule has 0 fully saturated rings. The number of halogens is 2. The van der Waals surface area contributed by atoms with E-state index in [1.165, 1.54) is 6.07 Å². The molecule has 0 radical (unpaired) electrons. The van der Waals surface area contributed by atoms with E-state index in [4.69, 9.17) is 4.74 Å². The van der Waals surface area contributed by atoms with Crippen molar-refractivity contribution in [2.45, 2.75) is 70.9 Å². The molecule has 0 spiro atoms. The van der Waals surface area contributed by atoms with Crippen molar-refractivity contribution in [1.29, 1.82) is 0 Å². The number of hydrogen-bond donors (Lipinski definition) is 3. The number of nitrogens with one attached hydrogen (secondary N) is 2. The molecule has 3 N–H and O–H groups in total. The Kier molecular flexibility index (Phi) is 14.6. The van der Waals surface area contributed by atoms with Crippen LogP contribution in [0.5, 0.6) is 5.75 Å². The van der Waals surface area contributed by atoms with Gasteiger partial charge in [0.05, 0.1) is 19.3 Å². The van der Waals surface area contributed by atoms with Crippen molar-refractivity contribution in [3.8, 4) is 5.75 Å². The van der Waals surface area contributed by atoms with Gasteiger partial charge in [-0.2, -0.15) is 0 Å². The molecule has 0 bridgehead atoms. The topological polar surface area (TPSA) is 108 Å². The summed E-state index contributed by atoms with van der Waals surface area (Å²) in [5.41, 5.74) is 1.92. The highest BCUT2D eigenvalue weighted by molar-refractivity contribution is 5.99. The van der Waals surface area contributed by atoms with Crippen LogP contribution in [-0.2, 0) is 17.6 Å². The van der Waals surface area contributed by atoms with Gasteiger partial charge in [0, 0.05) is 43.2 Å². The summed E-state index contributed by atoms with van der Waals surface area (Å²) in [4.78, 5) is 40.7. The zero-order valence-electron chi connectivity index (χ0n) is 26.9. The van der Waals surface area contributed by atoms with Crippen LogP contribution in [0.4, 0.5) is 8.78 Å². The van der Waals surface area contributed by atoms with Crippen LogP contribution in [-0.4, -0.2) is 66.6 Å². The number of ether oxygens (including phenoxy) is 1. The Hall–Kier alpha value is -4.31. The molecule has 0 aliphatic heterocycles. The van der Waals surface area contributed by atoms with Crippen LogP contribution in [0.1, 0.15) is 77.8 Å². The lowest BCUT2D eigenvalue weighted by molar-refractivity contribution is -0.121. The highest BCUT2D eigenvalue weighted by atomic mass is 19.1. The molecular weight excluding hydrogens is 592 g/mol. The number of methoxy groups -OCH3 is 1. The molecule has 2 atom stereocenters. The van der Waals surface area contributed by atoms with E-state index in [-0.39, 0.29) is 42.3 Å². The Morgan fingerprint density at radius 1 is 0.891 bits per heavy atom. The minimum absolute atomic E-state index is 0.0587. The predicted octanol–water partition coefficient (Wildman–Crippen LogP) is 5.47. The molecule has 248 valence electrons. The van der Waals surface area contributed by atoms with E-state index in [1.54, 1.807) is 30.2 Å². The van der Waals surface area contributed by atoms with Gasteiger partial charge < -0.3 is 25.4 Å². The quantitative estimate of drug-likeness (QED) is 0.172. The number of nitrogens with zero attached hydrogens (tertiary/aromatic N) is 1. The number of aliphatic hydroxyl groups excluding tert-OH is 1. The highest BCUT2D eigenvalue weighted by Gasteiger charge is 2.24. The number of hydrogen-bond acceptors (Lipinski definition) is 5. The van der Waals surface area contributed by atoms with E-state index in [0.717, 1.165) is 48.8 Å². The molecule has 0 saturated carbocycles. The number of carbonyl (C=O) groups is 3. The Labute approximate surface area is 270 Å². The average Bonchev–Trinajstić information content (AvgIpc) is 3.04. The Morgan fingerprint density at radius 2 is 1.54 bits per heavy atom. The normalized spacial score (nSPS) is 12.2. The van der Waals surface area contributed by atoms with Gasteiger partial charge in [-0.1, -0.05) is 32.0 Å². The second-order valence-corrected chi connectivity index (χ2v) is 11.3. The van der Waals surface area contributed by atoms with Gasteiger partial charge in [0.2, 0.25) is 5.91 Å². The first-order valence-corrected chi connectivity index (χ1v) is 15.9. The van der Waals surface area contributed by atoms with E-state index >= 15 is 0 Å². The minimum atomic E-state index is -1.15. The van der Waals surface area contributed by atoms with Crippen molar-refractivity contribution >= 4 is 17.7 Å². The SMILES string of the molecule is CCCN(CCC)C(=O)c1cccc(C(=O)N[C@H](Cc2cc(F)cc(F)c2)[C@@H](O)CCNC(=O)CCCc2ccc(OC)cc2)c1. The summed E-state index contributed by atoms with van der Waals surface area (Å²) < 4.78 is 33.1. The fourth-order valence-corrected chi connectivity index (χ4v) is 5.24.